The molecule has 0 bridgehead atoms. The number of carbonyl (C=O) groups excluding carboxylic acids is 3. The number of fused-ring (bicyclic) bond motifs is 1. The molecule has 0 saturated heterocycles. The van der Waals surface area contributed by atoms with Gasteiger partial charge in [0.15, 0.2) is 0 Å². The third kappa shape index (κ3) is 6.05. The van der Waals surface area contributed by atoms with Gasteiger partial charge in [-0.15, -0.1) is 12.4 Å². The Kier molecular flexibility index (Phi) is 8.83. The van der Waals surface area contributed by atoms with Crippen molar-refractivity contribution in [3.8, 4) is 0 Å². The fourth-order valence-electron chi connectivity index (χ4n) is 3.34. The van der Waals surface area contributed by atoms with E-state index in [9.17, 15) is 14.4 Å². The van der Waals surface area contributed by atoms with Crippen LogP contribution in [0.1, 0.15) is 24.8 Å². The first-order valence-corrected chi connectivity index (χ1v) is 9.79. The Hall–Kier alpha value is -2.90. The molecule has 3 N–H and O–H groups in total. The monoisotopic (exact) mass is 430 g/mol. The molecule has 0 aromatic heterocycles. The van der Waals surface area contributed by atoms with Crippen molar-refractivity contribution in [2.45, 2.75) is 25.8 Å². The van der Waals surface area contributed by atoms with Crippen LogP contribution in [-0.4, -0.2) is 42.3 Å². The summed E-state index contributed by atoms with van der Waals surface area (Å²) < 4.78 is 0. The smallest absolute Gasteiger partial charge is 0.244 e. The maximum atomic E-state index is 12.8. The van der Waals surface area contributed by atoms with Crippen LogP contribution in [0.25, 0.3) is 0 Å². The summed E-state index contributed by atoms with van der Waals surface area (Å²) in [4.78, 5) is 40.7. The van der Waals surface area contributed by atoms with Gasteiger partial charge in [0.1, 0.15) is 6.54 Å². The van der Waals surface area contributed by atoms with Crippen molar-refractivity contribution >= 4 is 41.5 Å². The molecule has 7 nitrogen and oxygen atoms in total. The normalized spacial score (nSPS) is 12.4. The zero-order chi connectivity index (χ0) is 20.6. The van der Waals surface area contributed by atoms with Crippen molar-refractivity contribution in [3.05, 3.63) is 60.2 Å². The maximum absolute atomic E-state index is 12.8. The molecule has 0 atom stereocenters. The molecular weight excluding hydrogens is 404 g/mol. The molecule has 3 amide bonds. The number of carbonyl (C=O) groups is 3. The zero-order valence-electron chi connectivity index (χ0n) is 16.8. The molecule has 0 spiro atoms. The van der Waals surface area contributed by atoms with Crippen LogP contribution in [0.15, 0.2) is 54.6 Å². The molecular formula is C22H27ClN4O3. The molecule has 0 unspecified atom stereocenters. The number of nitrogens with zero attached hydrogens (tertiary/aromatic N) is 2. The van der Waals surface area contributed by atoms with Gasteiger partial charge in [-0.25, -0.2) is 0 Å². The third-order valence-corrected chi connectivity index (χ3v) is 4.83. The molecule has 1 heterocycles. The minimum absolute atomic E-state index is 0. The van der Waals surface area contributed by atoms with Gasteiger partial charge in [0, 0.05) is 25.9 Å². The van der Waals surface area contributed by atoms with E-state index in [4.69, 9.17) is 5.73 Å². The highest BCUT2D eigenvalue weighted by Gasteiger charge is 2.27. The van der Waals surface area contributed by atoms with Crippen molar-refractivity contribution in [1.82, 2.24) is 4.90 Å². The molecule has 0 fully saturated rings. The lowest BCUT2D eigenvalue weighted by Gasteiger charge is -2.29. The lowest BCUT2D eigenvalue weighted by atomic mass is 10.1. The first kappa shape index (κ1) is 23.4. The highest BCUT2D eigenvalue weighted by atomic mass is 35.5. The Labute approximate surface area is 182 Å². The van der Waals surface area contributed by atoms with Crippen LogP contribution in [0.4, 0.5) is 11.4 Å². The second-order valence-electron chi connectivity index (χ2n) is 6.99. The van der Waals surface area contributed by atoms with E-state index in [1.54, 1.807) is 23.1 Å². The molecule has 160 valence electrons. The topological polar surface area (TPSA) is 95.7 Å². The van der Waals surface area contributed by atoms with E-state index in [0.29, 0.717) is 37.4 Å². The average Bonchev–Trinajstić information content (AvgIpc) is 2.74. The molecule has 30 heavy (non-hydrogen) atoms. The van der Waals surface area contributed by atoms with Crippen molar-refractivity contribution in [2.75, 3.05) is 29.9 Å². The quantitative estimate of drug-likeness (QED) is 0.672. The van der Waals surface area contributed by atoms with Gasteiger partial charge in [-0.1, -0.05) is 42.5 Å². The Balaban J connectivity index is 0.00000320. The Morgan fingerprint density at radius 1 is 1.03 bits per heavy atom. The highest BCUT2D eigenvalue weighted by Crippen LogP contribution is 2.29. The van der Waals surface area contributed by atoms with Crippen LogP contribution in [-0.2, 0) is 20.9 Å². The van der Waals surface area contributed by atoms with E-state index >= 15 is 0 Å². The summed E-state index contributed by atoms with van der Waals surface area (Å²) in [7, 11) is 0. The zero-order valence-corrected chi connectivity index (χ0v) is 17.6. The largest absolute Gasteiger partial charge is 0.338 e. The van der Waals surface area contributed by atoms with E-state index in [0.717, 1.165) is 5.56 Å². The predicted octanol–water partition coefficient (Wildman–Crippen LogP) is 2.55. The summed E-state index contributed by atoms with van der Waals surface area (Å²) in [5.41, 5.74) is 7.91. The standard InChI is InChI=1S/C22H26N4O3.ClH/c23-13-6-14-25(15-17-7-2-1-3-8-17)21(28)11-12-22(29)26-16-20(27)24-18-9-4-5-10-19(18)26;/h1-5,7-10H,6,11-16,23H2,(H,24,27);1H. The number of amides is 3. The number of halogens is 1. The van der Waals surface area contributed by atoms with Gasteiger partial charge in [-0.2, -0.15) is 0 Å². The predicted molar refractivity (Wildman–Crippen MR) is 119 cm³/mol. The van der Waals surface area contributed by atoms with Crippen molar-refractivity contribution in [1.29, 1.82) is 0 Å². The lowest BCUT2D eigenvalue weighted by molar-refractivity contribution is -0.133. The molecule has 1 aliphatic rings. The number of anilines is 2. The first-order chi connectivity index (χ1) is 14.1. The average molecular weight is 431 g/mol. The molecule has 0 aliphatic carbocycles. The molecule has 8 heteroatoms. The molecule has 2 aromatic rings. The van der Waals surface area contributed by atoms with Crippen LogP contribution in [0.5, 0.6) is 0 Å². The molecule has 3 rings (SSSR count). The Morgan fingerprint density at radius 3 is 2.47 bits per heavy atom. The molecule has 2 aromatic carbocycles. The SMILES string of the molecule is Cl.NCCCN(Cc1ccccc1)C(=O)CCC(=O)N1CC(=O)Nc2ccccc21. The minimum Gasteiger partial charge on any atom is -0.338 e. The van der Waals surface area contributed by atoms with E-state index < -0.39 is 0 Å². The second-order valence-corrected chi connectivity index (χ2v) is 6.99. The Bertz CT molecular complexity index is 876. The molecule has 1 aliphatic heterocycles. The van der Waals surface area contributed by atoms with Crippen molar-refractivity contribution in [3.63, 3.8) is 0 Å². The maximum Gasteiger partial charge on any atom is 0.244 e. The van der Waals surface area contributed by atoms with Crippen LogP contribution < -0.4 is 16.0 Å². The number of rotatable bonds is 8. The number of hydrogen-bond acceptors (Lipinski definition) is 4. The number of hydrogen-bond donors (Lipinski definition) is 2. The van der Waals surface area contributed by atoms with Gasteiger partial charge < -0.3 is 20.9 Å². The summed E-state index contributed by atoms with van der Waals surface area (Å²) in [6, 6.07) is 16.9. The van der Waals surface area contributed by atoms with Crippen LogP contribution in [0.3, 0.4) is 0 Å². The third-order valence-electron chi connectivity index (χ3n) is 4.83. The van der Waals surface area contributed by atoms with Gasteiger partial charge in [0.05, 0.1) is 11.4 Å². The molecule has 0 saturated carbocycles. The summed E-state index contributed by atoms with van der Waals surface area (Å²) in [6.07, 6.45) is 0.844. The van der Waals surface area contributed by atoms with Gasteiger partial charge >= 0.3 is 0 Å². The van der Waals surface area contributed by atoms with E-state index in [2.05, 4.69) is 5.32 Å². The van der Waals surface area contributed by atoms with Gasteiger partial charge in [-0.05, 0) is 30.7 Å². The fourth-order valence-corrected chi connectivity index (χ4v) is 3.34. The van der Waals surface area contributed by atoms with Gasteiger partial charge in [0.2, 0.25) is 17.7 Å². The lowest BCUT2D eigenvalue weighted by Crippen LogP contribution is -2.42. The van der Waals surface area contributed by atoms with Crippen LogP contribution >= 0.6 is 12.4 Å². The summed E-state index contributed by atoms with van der Waals surface area (Å²) in [5.74, 6) is -0.568. The summed E-state index contributed by atoms with van der Waals surface area (Å²) in [5, 5.41) is 2.76. The van der Waals surface area contributed by atoms with Crippen molar-refractivity contribution < 1.29 is 14.4 Å². The summed E-state index contributed by atoms with van der Waals surface area (Å²) >= 11 is 0. The van der Waals surface area contributed by atoms with Gasteiger partial charge in [0.25, 0.3) is 0 Å². The minimum atomic E-state index is -0.239. The van der Waals surface area contributed by atoms with Crippen LogP contribution in [0, 0.1) is 0 Å². The first-order valence-electron chi connectivity index (χ1n) is 9.79. The Morgan fingerprint density at radius 2 is 1.73 bits per heavy atom. The van der Waals surface area contributed by atoms with E-state index in [1.165, 1.54) is 4.90 Å². The number of nitrogens with one attached hydrogen (secondary N) is 1. The second kappa shape index (κ2) is 11.3. The van der Waals surface area contributed by atoms with E-state index in [-0.39, 0.29) is 49.5 Å². The molecule has 0 radical (unpaired) electrons. The highest BCUT2D eigenvalue weighted by molar-refractivity contribution is 6.10. The number of nitrogens with two attached hydrogens (primary N) is 1. The van der Waals surface area contributed by atoms with Crippen LogP contribution in [0.2, 0.25) is 0 Å². The van der Waals surface area contributed by atoms with Crippen molar-refractivity contribution in [2.24, 2.45) is 5.73 Å². The fraction of sp³-hybridized carbons (Fsp3) is 0.318. The number of benzene rings is 2. The summed E-state index contributed by atoms with van der Waals surface area (Å²) in [6.45, 7) is 1.50. The number of para-hydroxylation sites is 2. The van der Waals surface area contributed by atoms with E-state index in [1.807, 2.05) is 36.4 Å². The van der Waals surface area contributed by atoms with Gasteiger partial charge in [-0.3, -0.25) is 14.4 Å².